The van der Waals surface area contributed by atoms with E-state index in [4.69, 9.17) is 5.73 Å². The molecule has 9 nitrogen and oxygen atoms in total. The Hall–Kier alpha value is -1.91. The summed E-state index contributed by atoms with van der Waals surface area (Å²) in [5.74, 6) is -0.209. The molecule has 0 unspecified atom stereocenters. The van der Waals surface area contributed by atoms with Crippen molar-refractivity contribution >= 4 is 5.91 Å². The first-order valence-corrected chi connectivity index (χ1v) is 12.4. The van der Waals surface area contributed by atoms with E-state index in [1.807, 2.05) is 0 Å². The van der Waals surface area contributed by atoms with Crippen molar-refractivity contribution in [2.75, 3.05) is 65.4 Å². The van der Waals surface area contributed by atoms with E-state index in [1.165, 1.54) is 25.0 Å². The normalized spacial score (nSPS) is 11.1. The molecule has 0 aliphatic heterocycles. The molecule has 0 spiro atoms. The van der Waals surface area contributed by atoms with Crippen LogP contribution in [-0.2, 0) is 11.2 Å². The van der Waals surface area contributed by atoms with Gasteiger partial charge in [-0.05, 0) is 103 Å². The quantitative estimate of drug-likeness (QED) is 0.115. The first kappa shape index (κ1) is 29.1. The van der Waals surface area contributed by atoms with Gasteiger partial charge >= 0.3 is 0 Å². The number of hydrogen-bond acceptors (Lipinski definition) is 8. The third kappa shape index (κ3) is 17.3. The Morgan fingerprint density at radius 1 is 0.697 bits per heavy atom. The van der Waals surface area contributed by atoms with Crippen LogP contribution in [0.1, 0.15) is 44.1 Å². The average molecular weight is 467 g/mol. The van der Waals surface area contributed by atoms with Gasteiger partial charge in [-0.15, -0.1) is 0 Å². The predicted molar refractivity (Wildman–Crippen MR) is 135 cm³/mol. The maximum absolute atomic E-state index is 11.9. The van der Waals surface area contributed by atoms with E-state index in [1.54, 1.807) is 6.07 Å². The van der Waals surface area contributed by atoms with Crippen molar-refractivity contribution in [2.45, 2.75) is 44.9 Å². The first-order chi connectivity index (χ1) is 16.1. The number of phenolic OH excluding ortho intramolecular Hbond substituents is 2. The number of phenols is 2. The van der Waals surface area contributed by atoms with Crippen LogP contribution < -0.4 is 32.3 Å². The molecule has 190 valence electrons. The molecule has 1 rings (SSSR count). The third-order valence-electron chi connectivity index (χ3n) is 5.20. The minimum atomic E-state index is -0.134. The summed E-state index contributed by atoms with van der Waals surface area (Å²) < 4.78 is 0. The van der Waals surface area contributed by atoms with Crippen molar-refractivity contribution in [1.29, 1.82) is 0 Å². The number of nitrogens with two attached hydrogens (primary N) is 1. The smallest absolute Gasteiger partial charge is 0.224 e. The molecule has 0 saturated heterocycles. The zero-order valence-electron chi connectivity index (χ0n) is 20.1. The molecule has 0 fully saturated rings. The number of amides is 1. The van der Waals surface area contributed by atoms with Crippen molar-refractivity contribution in [3.05, 3.63) is 23.8 Å². The molecule has 9 heteroatoms. The third-order valence-corrected chi connectivity index (χ3v) is 5.20. The van der Waals surface area contributed by atoms with E-state index in [0.29, 0.717) is 12.1 Å². The second-order valence-electron chi connectivity index (χ2n) is 8.25. The van der Waals surface area contributed by atoms with Gasteiger partial charge in [0.15, 0.2) is 0 Å². The van der Waals surface area contributed by atoms with Crippen molar-refractivity contribution in [3.8, 4) is 11.5 Å². The van der Waals surface area contributed by atoms with Crippen LogP contribution in [0.4, 0.5) is 0 Å². The molecule has 0 aliphatic rings. The zero-order valence-corrected chi connectivity index (χ0v) is 20.1. The molecule has 0 radical (unpaired) electrons. The first-order valence-electron chi connectivity index (χ1n) is 12.4. The van der Waals surface area contributed by atoms with Crippen molar-refractivity contribution in [2.24, 2.45) is 5.73 Å². The van der Waals surface area contributed by atoms with Crippen LogP contribution in [0.2, 0.25) is 0 Å². The van der Waals surface area contributed by atoms with Gasteiger partial charge in [-0.3, -0.25) is 4.79 Å². The molecule has 1 aromatic rings. The Balaban J connectivity index is 1.78. The molecule has 33 heavy (non-hydrogen) atoms. The zero-order chi connectivity index (χ0) is 24.0. The minimum absolute atomic E-state index is 0.0144. The monoisotopic (exact) mass is 466 g/mol. The molecular formula is C24H46N6O3. The van der Waals surface area contributed by atoms with Crippen molar-refractivity contribution in [3.63, 3.8) is 0 Å². The molecule has 1 aromatic carbocycles. The number of nitrogens with one attached hydrogen (secondary N) is 5. The predicted octanol–water partition coefficient (Wildman–Crippen LogP) is 0.414. The van der Waals surface area contributed by atoms with Crippen LogP contribution >= 0.6 is 0 Å². The van der Waals surface area contributed by atoms with Crippen LogP contribution in [-0.4, -0.2) is 81.6 Å². The van der Waals surface area contributed by atoms with Crippen molar-refractivity contribution < 1.29 is 15.0 Å². The van der Waals surface area contributed by atoms with Crippen LogP contribution in [0.3, 0.4) is 0 Å². The van der Waals surface area contributed by atoms with Gasteiger partial charge in [-0.1, -0.05) is 6.07 Å². The Kier molecular flexibility index (Phi) is 18.2. The lowest BCUT2D eigenvalue weighted by molar-refractivity contribution is -0.120. The number of carbonyl (C=O) groups excluding carboxylic acids is 1. The van der Waals surface area contributed by atoms with Gasteiger partial charge in [0.25, 0.3) is 0 Å². The molecule has 0 bridgehead atoms. The highest BCUT2D eigenvalue weighted by Gasteiger charge is 2.07. The SMILES string of the molecule is NCCCNCCCCNCCCNCCCNCCCNC(=O)Cc1ccc(O)cc1O. The second kappa shape index (κ2) is 20.7. The van der Waals surface area contributed by atoms with Crippen LogP contribution in [0.5, 0.6) is 11.5 Å². The van der Waals surface area contributed by atoms with E-state index in [-0.39, 0.29) is 23.8 Å². The van der Waals surface area contributed by atoms with Gasteiger partial charge < -0.3 is 42.5 Å². The minimum Gasteiger partial charge on any atom is -0.508 e. The van der Waals surface area contributed by atoms with Gasteiger partial charge in [-0.25, -0.2) is 0 Å². The van der Waals surface area contributed by atoms with Gasteiger partial charge in [0, 0.05) is 18.2 Å². The fraction of sp³-hybridized carbons (Fsp3) is 0.708. The summed E-state index contributed by atoms with van der Waals surface area (Å²) in [6.45, 7) is 9.48. The average Bonchev–Trinajstić information content (AvgIpc) is 2.79. The summed E-state index contributed by atoms with van der Waals surface area (Å²) in [4.78, 5) is 11.9. The lowest BCUT2D eigenvalue weighted by atomic mass is 10.1. The molecule has 0 aliphatic carbocycles. The number of aromatic hydroxyl groups is 2. The van der Waals surface area contributed by atoms with Crippen LogP contribution in [0, 0.1) is 0 Å². The van der Waals surface area contributed by atoms with Gasteiger partial charge in [-0.2, -0.15) is 0 Å². The number of benzene rings is 1. The maximum Gasteiger partial charge on any atom is 0.224 e. The summed E-state index contributed by atoms with van der Waals surface area (Å²) in [5.41, 5.74) is 5.97. The standard InChI is InChI=1S/C24H46N6O3/c25-9-3-12-26-10-1-2-11-27-13-4-14-28-15-5-16-29-17-6-18-30-24(33)19-21-7-8-22(31)20-23(21)32/h7-8,20,26-29,31-32H,1-6,9-19,25H2,(H,30,33). The maximum atomic E-state index is 11.9. The summed E-state index contributed by atoms with van der Waals surface area (Å²) in [5, 5.41) is 35.6. The Morgan fingerprint density at radius 3 is 1.70 bits per heavy atom. The summed E-state index contributed by atoms with van der Waals surface area (Å²) in [7, 11) is 0. The van der Waals surface area contributed by atoms with E-state index in [2.05, 4.69) is 26.6 Å². The van der Waals surface area contributed by atoms with Crippen LogP contribution in [0.25, 0.3) is 0 Å². The van der Waals surface area contributed by atoms with Gasteiger partial charge in [0.1, 0.15) is 11.5 Å². The molecule has 0 aromatic heterocycles. The lowest BCUT2D eigenvalue weighted by Crippen LogP contribution is -2.29. The summed E-state index contributed by atoms with van der Waals surface area (Å²) >= 11 is 0. The fourth-order valence-corrected chi connectivity index (χ4v) is 3.28. The molecule has 1 amide bonds. The Labute approximate surface area is 199 Å². The Morgan fingerprint density at radius 2 is 1.18 bits per heavy atom. The topological polar surface area (TPSA) is 144 Å². The number of rotatable bonds is 22. The molecule has 9 N–H and O–H groups in total. The molecular weight excluding hydrogens is 420 g/mol. The second-order valence-corrected chi connectivity index (χ2v) is 8.25. The van der Waals surface area contributed by atoms with Gasteiger partial charge in [0.05, 0.1) is 6.42 Å². The van der Waals surface area contributed by atoms with E-state index in [0.717, 1.165) is 84.6 Å². The number of hydrogen-bond donors (Lipinski definition) is 8. The molecule has 0 saturated carbocycles. The highest BCUT2D eigenvalue weighted by atomic mass is 16.3. The fourth-order valence-electron chi connectivity index (χ4n) is 3.28. The van der Waals surface area contributed by atoms with E-state index < -0.39 is 0 Å². The van der Waals surface area contributed by atoms with Gasteiger partial charge in [0.2, 0.25) is 5.91 Å². The molecule has 0 atom stereocenters. The highest BCUT2D eigenvalue weighted by Crippen LogP contribution is 2.22. The van der Waals surface area contributed by atoms with Crippen molar-refractivity contribution in [1.82, 2.24) is 26.6 Å². The number of carbonyl (C=O) groups is 1. The Bertz CT molecular complexity index is 618. The van der Waals surface area contributed by atoms with E-state index >= 15 is 0 Å². The van der Waals surface area contributed by atoms with E-state index in [9.17, 15) is 15.0 Å². The summed E-state index contributed by atoms with van der Waals surface area (Å²) in [6.07, 6.45) is 6.66. The lowest BCUT2D eigenvalue weighted by Gasteiger charge is -2.09. The number of unbranched alkanes of at least 4 members (excludes halogenated alkanes) is 1. The largest absolute Gasteiger partial charge is 0.508 e. The summed E-state index contributed by atoms with van der Waals surface area (Å²) in [6, 6.07) is 4.26. The van der Waals surface area contributed by atoms with Crippen LogP contribution in [0.15, 0.2) is 18.2 Å². The molecule has 0 heterocycles. The highest BCUT2D eigenvalue weighted by molar-refractivity contribution is 5.79.